The molecule has 0 saturated carbocycles. The molecule has 0 radical (unpaired) electrons. The lowest BCUT2D eigenvalue weighted by Crippen LogP contribution is -2.35. The highest BCUT2D eigenvalue weighted by atomic mass is 19.1. The average Bonchev–Trinajstić information content (AvgIpc) is 2.66. The van der Waals surface area contributed by atoms with Crippen LogP contribution in [0.3, 0.4) is 0 Å². The second-order valence-electron chi connectivity index (χ2n) is 7.06. The van der Waals surface area contributed by atoms with E-state index in [2.05, 4.69) is 26.1 Å². The molecule has 1 aliphatic heterocycles. The molecule has 1 saturated heterocycles. The van der Waals surface area contributed by atoms with Crippen LogP contribution < -0.4 is 10.2 Å². The van der Waals surface area contributed by atoms with Crippen molar-refractivity contribution in [2.45, 2.75) is 51.8 Å². The molecule has 1 heterocycles. The predicted octanol–water partition coefficient (Wildman–Crippen LogP) is 2.67. The molecule has 3 nitrogen and oxygen atoms in total. The fourth-order valence-corrected chi connectivity index (χ4v) is 2.43. The summed E-state index contributed by atoms with van der Waals surface area (Å²) in [7, 11) is 0. The summed E-state index contributed by atoms with van der Waals surface area (Å²) in [6, 6.07) is 5.35. The Kier molecular flexibility index (Phi) is 4.07. The minimum Gasteiger partial charge on any atom is -0.388 e. The molecule has 0 spiro atoms. The zero-order chi connectivity index (χ0) is 15.0. The summed E-state index contributed by atoms with van der Waals surface area (Å²) < 4.78 is 14.2. The molecule has 1 aromatic rings. The average molecular weight is 280 g/mol. The number of aliphatic hydroxyl groups is 1. The van der Waals surface area contributed by atoms with E-state index in [0.717, 1.165) is 5.56 Å². The highest BCUT2D eigenvalue weighted by Crippen LogP contribution is 2.28. The van der Waals surface area contributed by atoms with Crippen molar-refractivity contribution in [1.82, 2.24) is 5.32 Å². The molecular weight excluding hydrogens is 255 g/mol. The largest absolute Gasteiger partial charge is 0.388 e. The van der Waals surface area contributed by atoms with Crippen LogP contribution in [-0.4, -0.2) is 29.3 Å². The lowest BCUT2D eigenvalue weighted by Gasteiger charge is -2.23. The van der Waals surface area contributed by atoms with Crippen molar-refractivity contribution in [3.8, 4) is 0 Å². The molecule has 1 aliphatic rings. The van der Waals surface area contributed by atoms with Crippen molar-refractivity contribution in [2.75, 3.05) is 18.0 Å². The molecular formula is C16H25FN2O. The number of nitrogens with one attached hydrogen (secondary N) is 1. The smallest absolute Gasteiger partial charge is 0.146 e. The lowest BCUT2D eigenvalue weighted by atomic mass is 10.1. The number of β-amino-alcohol motifs (C(OH)–C–C–N with tert-alkyl or cyclic N) is 1. The van der Waals surface area contributed by atoms with Crippen LogP contribution in [0.25, 0.3) is 0 Å². The highest BCUT2D eigenvalue weighted by Gasteiger charge is 2.32. The summed E-state index contributed by atoms with van der Waals surface area (Å²) in [4.78, 5) is 1.91. The first-order valence-electron chi connectivity index (χ1n) is 7.17. The molecule has 1 fully saturated rings. The fraction of sp³-hybridized carbons (Fsp3) is 0.625. The maximum atomic E-state index is 14.2. The van der Waals surface area contributed by atoms with Crippen LogP contribution in [0.4, 0.5) is 10.1 Å². The molecule has 20 heavy (non-hydrogen) atoms. The minimum atomic E-state index is -0.709. The number of hydrogen-bond donors (Lipinski definition) is 2. The Morgan fingerprint density at radius 2 is 2.10 bits per heavy atom. The maximum Gasteiger partial charge on any atom is 0.146 e. The van der Waals surface area contributed by atoms with Crippen LogP contribution in [-0.2, 0) is 6.54 Å². The SMILES string of the molecule is CC1(O)CCN(c2ccc(CNC(C)(C)C)cc2F)C1. The van der Waals surface area contributed by atoms with Crippen LogP contribution in [0.5, 0.6) is 0 Å². The Bertz CT molecular complexity index is 480. The monoisotopic (exact) mass is 280 g/mol. The summed E-state index contributed by atoms with van der Waals surface area (Å²) >= 11 is 0. The number of nitrogens with zero attached hydrogens (tertiary/aromatic N) is 1. The van der Waals surface area contributed by atoms with E-state index >= 15 is 0 Å². The first-order valence-corrected chi connectivity index (χ1v) is 7.17. The van der Waals surface area contributed by atoms with Gasteiger partial charge in [0.05, 0.1) is 11.3 Å². The molecule has 2 rings (SSSR count). The highest BCUT2D eigenvalue weighted by molar-refractivity contribution is 5.50. The van der Waals surface area contributed by atoms with Gasteiger partial charge in [0.25, 0.3) is 0 Å². The molecule has 112 valence electrons. The summed E-state index contributed by atoms with van der Waals surface area (Å²) in [5.41, 5.74) is 0.830. The molecule has 1 unspecified atom stereocenters. The molecule has 0 bridgehead atoms. The zero-order valence-corrected chi connectivity index (χ0v) is 12.8. The van der Waals surface area contributed by atoms with Gasteiger partial charge in [-0.25, -0.2) is 4.39 Å². The van der Waals surface area contributed by atoms with E-state index in [1.54, 1.807) is 13.0 Å². The standard InChI is InChI=1S/C16H25FN2O/c1-15(2,3)18-10-12-5-6-14(13(17)9-12)19-8-7-16(4,20)11-19/h5-6,9,18,20H,7-8,10-11H2,1-4H3. The second kappa shape index (κ2) is 5.34. The zero-order valence-electron chi connectivity index (χ0n) is 12.8. The number of anilines is 1. The Morgan fingerprint density at radius 1 is 1.40 bits per heavy atom. The van der Waals surface area contributed by atoms with Crippen molar-refractivity contribution in [2.24, 2.45) is 0 Å². The summed E-state index contributed by atoms with van der Waals surface area (Å²) in [5.74, 6) is -0.212. The van der Waals surface area contributed by atoms with Gasteiger partial charge in [-0.3, -0.25) is 0 Å². The van der Waals surface area contributed by atoms with Gasteiger partial charge in [0.2, 0.25) is 0 Å². The van der Waals surface area contributed by atoms with Crippen molar-refractivity contribution >= 4 is 5.69 Å². The Labute approximate surface area is 120 Å². The Balaban J connectivity index is 2.07. The van der Waals surface area contributed by atoms with E-state index in [9.17, 15) is 9.50 Å². The van der Waals surface area contributed by atoms with Gasteiger partial charge in [-0.15, -0.1) is 0 Å². The second-order valence-corrected chi connectivity index (χ2v) is 7.06. The van der Waals surface area contributed by atoms with Gasteiger partial charge in [-0.2, -0.15) is 0 Å². The van der Waals surface area contributed by atoms with Crippen LogP contribution in [0.1, 0.15) is 39.7 Å². The first kappa shape index (κ1) is 15.3. The van der Waals surface area contributed by atoms with E-state index in [0.29, 0.717) is 31.7 Å². The third kappa shape index (κ3) is 3.93. The number of rotatable bonds is 3. The third-order valence-corrected chi connectivity index (χ3v) is 3.63. The van der Waals surface area contributed by atoms with Crippen LogP contribution in [0, 0.1) is 5.82 Å². The van der Waals surface area contributed by atoms with Crippen molar-refractivity contribution in [3.63, 3.8) is 0 Å². The molecule has 0 aliphatic carbocycles. The molecule has 0 amide bonds. The fourth-order valence-electron chi connectivity index (χ4n) is 2.43. The van der Waals surface area contributed by atoms with E-state index in [1.165, 1.54) is 0 Å². The van der Waals surface area contributed by atoms with Gasteiger partial charge in [-0.05, 0) is 51.8 Å². The summed E-state index contributed by atoms with van der Waals surface area (Å²) in [6.45, 7) is 9.90. The van der Waals surface area contributed by atoms with Crippen LogP contribution in [0.15, 0.2) is 18.2 Å². The van der Waals surface area contributed by atoms with E-state index in [4.69, 9.17) is 0 Å². The third-order valence-electron chi connectivity index (χ3n) is 3.63. The van der Waals surface area contributed by atoms with Gasteiger partial charge in [0.1, 0.15) is 5.82 Å². The van der Waals surface area contributed by atoms with E-state index < -0.39 is 5.60 Å². The Morgan fingerprint density at radius 3 is 2.60 bits per heavy atom. The quantitative estimate of drug-likeness (QED) is 0.893. The van der Waals surface area contributed by atoms with Crippen LogP contribution in [0.2, 0.25) is 0 Å². The molecule has 2 N–H and O–H groups in total. The van der Waals surface area contributed by atoms with Gasteiger partial charge in [0, 0.05) is 25.2 Å². The number of halogens is 1. The molecule has 4 heteroatoms. The van der Waals surface area contributed by atoms with Gasteiger partial charge >= 0.3 is 0 Å². The van der Waals surface area contributed by atoms with Gasteiger partial charge in [0.15, 0.2) is 0 Å². The predicted molar refractivity (Wildman–Crippen MR) is 80.4 cm³/mol. The van der Waals surface area contributed by atoms with Gasteiger partial charge < -0.3 is 15.3 Å². The lowest BCUT2D eigenvalue weighted by molar-refractivity contribution is 0.0839. The Hall–Kier alpha value is -1.13. The number of hydrogen-bond acceptors (Lipinski definition) is 3. The van der Waals surface area contributed by atoms with Crippen molar-refractivity contribution in [1.29, 1.82) is 0 Å². The normalized spacial score (nSPS) is 23.4. The van der Waals surface area contributed by atoms with Crippen molar-refractivity contribution in [3.05, 3.63) is 29.6 Å². The maximum absolute atomic E-state index is 14.2. The summed E-state index contributed by atoms with van der Waals surface area (Å²) in [5, 5.41) is 13.3. The summed E-state index contributed by atoms with van der Waals surface area (Å²) in [6.07, 6.45) is 0.680. The molecule has 0 aromatic heterocycles. The molecule has 1 atom stereocenters. The minimum absolute atomic E-state index is 0.0167. The van der Waals surface area contributed by atoms with E-state index in [-0.39, 0.29) is 11.4 Å². The first-order chi connectivity index (χ1) is 9.16. The number of benzene rings is 1. The van der Waals surface area contributed by atoms with Crippen molar-refractivity contribution < 1.29 is 9.50 Å². The van der Waals surface area contributed by atoms with E-state index in [1.807, 2.05) is 17.0 Å². The topological polar surface area (TPSA) is 35.5 Å². The van der Waals surface area contributed by atoms with Crippen LogP contribution >= 0.6 is 0 Å². The molecule has 1 aromatic carbocycles. The van der Waals surface area contributed by atoms with Gasteiger partial charge in [-0.1, -0.05) is 6.07 Å².